The summed E-state index contributed by atoms with van der Waals surface area (Å²) in [5.74, 6) is 0.788. The molecule has 0 aromatic heterocycles. The molecule has 1 rings (SSSR count). The molecule has 0 aliphatic rings. The second kappa shape index (κ2) is 7.07. The van der Waals surface area contributed by atoms with E-state index in [0.717, 1.165) is 30.8 Å². The molecule has 1 aromatic carbocycles. The maximum atomic E-state index is 6.97. The van der Waals surface area contributed by atoms with Crippen LogP contribution in [-0.2, 0) is 4.74 Å². The Bertz CT molecular complexity index is 333. The van der Waals surface area contributed by atoms with Gasteiger partial charge in [0, 0.05) is 0 Å². The van der Waals surface area contributed by atoms with Gasteiger partial charge in [-0.3, -0.25) is 0 Å². The summed E-state index contributed by atoms with van der Waals surface area (Å²) in [6.07, 6.45) is 3.69. The highest BCUT2D eigenvalue weighted by Crippen LogP contribution is 2.14. The molecule has 0 saturated heterocycles. The Morgan fingerprint density at radius 1 is 1.44 bits per heavy atom. The molecule has 16 heavy (non-hydrogen) atoms. The molecule has 0 aliphatic carbocycles. The molecule has 1 aromatic rings. The highest BCUT2D eigenvalue weighted by molar-refractivity contribution is 5.48. The van der Waals surface area contributed by atoms with E-state index in [-0.39, 0.29) is 6.29 Å². The van der Waals surface area contributed by atoms with Gasteiger partial charge < -0.3 is 9.47 Å². The summed E-state index contributed by atoms with van der Waals surface area (Å²) in [6.45, 7) is 6.03. The van der Waals surface area contributed by atoms with E-state index >= 15 is 0 Å². The van der Waals surface area contributed by atoms with E-state index in [1.165, 1.54) is 6.55 Å². The van der Waals surface area contributed by atoms with Crippen LogP contribution in [-0.4, -0.2) is 12.9 Å². The predicted octanol–water partition coefficient (Wildman–Crippen LogP) is 3.87. The summed E-state index contributed by atoms with van der Waals surface area (Å²) >= 11 is 0. The summed E-state index contributed by atoms with van der Waals surface area (Å²) in [5.41, 5.74) is 0.993. The molecular formula is C14H20O2. The lowest BCUT2D eigenvalue weighted by Crippen LogP contribution is -2.16. The minimum Gasteiger partial charge on any atom is -0.465 e. The van der Waals surface area contributed by atoms with Gasteiger partial charge in [-0.2, -0.15) is 0 Å². The Hall–Kier alpha value is -1.28. The van der Waals surface area contributed by atoms with E-state index in [9.17, 15) is 0 Å². The van der Waals surface area contributed by atoms with Crippen molar-refractivity contribution in [3.05, 3.63) is 36.4 Å². The van der Waals surface area contributed by atoms with E-state index in [1.807, 2.05) is 31.2 Å². The van der Waals surface area contributed by atoms with Gasteiger partial charge in [0.2, 0.25) is 0 Å². The second-order valence-corrected chi connectivity index (χ2v) is 3.65. The number of benzene rings is 1. The van der Waals surface area contributed by atoms with Crippen molar-refractivity contribution in [3.63, 3.8) is 0 Å². The Balaban J connectivity index is 2.40. The van der Waals surface area contributed by atoms with Crippen molar-refractivity contribution in [1.82, 2.24) is 0 Å². The fourth-order valence-corrected chi connectivity index (χ4v) is 1.28. The SMILES string of the molecule is [2H]/C=C/c1ccc(OC(C)OCCCC)cc1. The van der Waals surface area contributed by atoms with Crippen LogP contribution in [0.1, 0.15) is 33.6 Å². The highest BCUT2D eigenvalue weighted by atomic mass is 16.7. The van der Waals surface area contributed by atoms with Gasteiger partial charge >= 0.3 is 0 Å². The monoisotopic (exact) mass is 221 g/mol. The largest absolute Gasteiger partial charge is 0.465 e. The summed E-state index contributed by atoms with van der Waals surface area (Å²) in [6, 6.07) is 7.60. The predicted molar refractivity (Wildman–Crippen MR) is 67.5 cm³/mol. The van der Waals surface area contributed by atoms with E-state index < -0.39 is 0 Å². The number of unbranched alkanes of at least 4 members (excludes halogenated alkanes) is 1. The van der Waals surface area contributed by atoms with Gasteiger partial charge in [0.1, 0.15) is 5.75 Å². The maximum absolute atomic E-state index is 6.97. The average molecular weight is 221 g/mol. The quantitative estimate of drug-likeness (QED) is 0.514. The molecule has 0 saturated carbocycles. The highest BCUT2D eigenvalue weighted by Gasteiger charge is 2.02. The standard InChI is InChI=1S/C14H20O2/c1-4-6-11-15-12(3)16-14-9-7-13(5-2)8-10-14/h5,7-10,12H,2,4,6,11H2,1,3H3/i2D/b5-2+. The number of hydrogen-bond acceptors (Lipinski definition) is 2. The zero-order chi connectivity index (χ0) is 12.5. The summed E-state index contributed by atoms with van der Waals surface area (Å²) in [7, 11) is 0. The molecule has 2 heteroatoms. The average Bonchev–Trinajstić information content (AvgIpc) is 2.32. The van der Waals surface area contributed by atoms with Gasteiger partial charge in [-0.25, -0.2) is 0 Å². The molecule has 88 valence electrons. The summed E-state index contributed by atoms with van der Waals surface area (Å²) < 4.78 is 18.1. The van der Waals surface area contributed by atoms with E-state index in [1.54, 1.807) is 6.08 Å². The van der Waals surface area contributed by atoms with E-state index in [2.05, 4.69) is 6.92 Å². The topological polar surface area (TPSA) is 18.5 Å². The number of ether oxygens (including phenoxy) is 2. The van der Waals surface area contributed by atoms with Crippen LogP contribution >= 0.6 is 0 Å². The molecule has 2 nitrogen and oxygen atoms in total. The first-order valence-electron chi connectivity index (χ1n) is 6.27. The van der Waals surface area contributed by atoms with Crippen LogP contribution in [0.4, 0.5) is 0 Å². The third kappa shape index (κ3) is 4.49. The zero-order valence-corrected chi connectivity index (χ0v) is 9.98. The van der Waals surface area contributed by atoms with Crippen LogP contribution in [0.5, 0.6) is 5.75 Å². The molecule has 0 N–H and O–H groups in total. The Morgan fingerprint density at radius 2 is 2.19 bits per heavy atom. The molecule has 1 unspecified atom stereocenters. The smallest absolute Gasteiger partial charge is 0.196 e. The fourth-order valence-electron chi connectivity index (χ4n) is 1.28. The Kier molecular flexibility index (Phi) is 4.95. The molecular weight excluding hydrogens is 200 g/mol. The summed E-state index contributed by atoms with van der Waals surface area (Å²) in [5, 5.41) is 0. The third-order valence-electron chi connectivity index (χ3n) is 2.23. The molecule has 0 heterocycles. The van der Waals surface area contributed by atoms with E-state index in [4.69, 9.17) is 10.8 Å². The van der Waals surface area contributed by atoms with Crippen LogP contribution in [0, 0.1) is 0 Å². The Labute approximate surface area is 99.3 Å². The molecule has 0 spiro atoms. The molecule has 0 fully saturated rings. The van der Waals surface area contributed by atoms with Gasteiger partial charge in [0.05, 0.1) is 7.98 Å². The molecule has 0 amide bonds. The Morgan fingerprint density at radius 3 is 2.81 bits per heavy atom. The van der Waals surface area contributed by atoms with Gasteiger partial charge in [0.15, 0.2) is 6.29 Å². The van der Waals surface area contributed by atoms with Crippen molar-refractivity contribution in [1.29, 1.82) is 0 Å². The van der Waals surface area contributed by atoms with Gasteiger partial charge in [-0.1, -0.05) is 38.1 Å². The number of hydrogen-bond donors (Lipinski definition) is 0. The van der Waals surface area contributed by atoms with Crippen molar-refractivity contribution in [3.8, 4) is 5.75 Å². The minimum atomic E-state index is -0.223. The molecule has 0 aliphatic heterocycles. The minimum absolute atomic E-state index is 0.223. The lowest BCUT2D eigenvalue weighted by molar-refractivity contribution is -0.0673. The van der Waals surface area contributed by atoms with Crippen LogP contribution < -0.4 is 4.74 Å². The first kappa shape index (κ1) is 11.2. The van der Waals surface area contributed by atoms with Crippen LogP contribution in [0.25, 0.3) is 6.08 Å². The van der Waals surface area contributed by atoms with E-state index in [0.29, 0.717) is 0 Å². The van der Waals surface area contributed by atoms with Crippen molar-refractivity contribution in [2.24, 2.45) is 0 Å². The maximum Gasteiger partial charge on any atom is 0.196 e. The lowest BCUT2D eigenvalue weighted by atomic mass is 10.2. The third-order valence-corrected chi connectivity index (χ3v) is 2.23. The first-order valence-corrected chi connectivity index (χ1v) is 5.69. The van der Waals surface area contributed by atoms with Crippen molar-refractivity contribution >= 4 is 6.08 Å². The van der Waals surface area contributed by atoms with Gasteiger partial charge in [-0.05, 0) is 31.0 Å². The summed E-state index contributed by atoms with van der Waals surface area (Å²) in [4.78, 5) is 0. The van der Waals surface area contributed by atoms with Crippen molar-refractivity contribution in [2.75, 3.05) is 6.61 Å². The van der Waals surface area contributed by atoms with Crippen LogP contribution in [0.3, 0.4) is 0 Å². The van der Waals surface area contributed by atoms with Crippen molar-refractivity contribution < 1.29 is 10.8 Å². The fraction of sp³-hybridized carbons (Fsp3) is 0.429. The molecule has 0 radical (unpaired) electrons. The number of rotatable bonds is 7. The molecule has 1 atom stereocenters. The van der Waals surface area contributed by atoms with Gasteiger partial charge in [0.25, 0.3) is 0 Å². The lowest BCUT2D eigenvalue weighted by Gasteiger charge is -2.15. The van der Waals surface area contributed by atoms with Crippen LogP contribution in [0.2, 0.25) is 0 Å². The van der Waals surface area contributed by atoms with Crippen LogP contribution in [0.15, 0.2) is 30.8 Å². The second-order valence-electron chi connectivity index (χ2n) is 3.65. The normalized spacial score (nSPS) is 13.8. The molecule has 0 bridgehead atoms. The van der Waals surface area contributed by atoms with Crippen molar-refractivity contribution in [2.45, 2.75) is 33.0 Å². The first-order chi connectivity index (χ1) is 8.26. The zero-order valence-electron chi connectivity index (χ0n) is 11.0. The van der Waals surface area contributed by atoms with Gasteiger partial charge in [-0.15, -0.1) is 0 Å².